The van der Waals surface area contributed by atoms with Gasteiger partial charge in [-0.1, -0.05) is 0 Å². The number of nitrogens with zero attached hydrogens (tertiary/aromatic N) is 2. The van der Waals surface area contributed by atoms with Gasteiger partial charge in [0.25, 0.3) is 5.56 Å². The van der Waals surface area contributed by atoms with Crippen molar-refractivity contribution in [1.82, 2.24) is 9.78 Å². The van der Waals surface area contributed by atoms with Crippen molar-refractivity contribution < 1.29 is 14.2 Å². The summed E-state index contributed by atoms with van der Waals surface area (Å²) in [6.45, 7) is 7.13. The maximum atomic E-state index is 13.4. The highest BCUT2D eigenvalue weighted by Gasteiger charge is 2.19. The average molecular weight is 438 g/mol. The maximum absolute atomic E-state index is 13.4. The van der Waals surface area contributed by atoms with Crippen LogP contribution in [0.15, 0.2) is 58.3 Å². The van der Waals surface area contributed by atoms with Crippen LogP contribution in [0.5, 0.6) is 11.5 Å². The van der Waals surface area contributed by atoms with E-state index in [1.165, 1.54) is 4.68 Å². The monoisotopic (exact) mass is 437 g/mol. The standard InChI is InChI=1S/C25H31N3O4/c1-17(2)32-16-6-15-26-18(3)23-24(19-7-11-21(30-4)12-8-19)27-28(25(23)29)20-9-13-22(31-5)14-10-20/h7-14,17,27H,6,15-16H2,1-5H3. The Bertz CT molecular complexity index is 1090. The molecule has 0 aliphatic rings. The Hall–Kier alpha value is -3.32. The zero-order valence-corrected chi connectivity index (χ0v) is 19.3. The lowest BCUT2D eigenvalue weighted by atomic mass is 10.0. The van der Waals surface area contributed by atoms with Gasteiger partial charge in [-0.25, -0.2) is 4.68 Å². The first kappa shape index (κ1) is 23.3. The molecule has 1 aromatic heterocycles. The number of aliphatic imine (C=N–C) groups is 1. The number of aromatic amines is 1. The third-order valence-electron chi connectivity index (χ3n) is 5.06. The Kier molecular flexibility index (Phi) is 7.89. The number of methoxy groups -OCH3 is 2. The molecule has 0 spiro atoms. The van der Waals surface area contributed by atoms with E-state index in [9.17, 15) is 4.79 Å². The number of H-pyrrole nitrogens is 1. The Labute approximate surface area is 188 Å². The summed E-state index contributed by atoms with van der Waals surface area (Å²) in [4.78, 5) is 18.1. The number of hydrogen-bond donors (Lipinski definition) is 1. The molecular formula is C25H31N3O4. The van der Waals surface area contributed by atoms with Gasteiger partial charge in [0, 0.05) is 24.4 Å². The van der Waals surface area contributed by atoms with Gasteiger partial charge in [0.15, 0.2) is 0 Å². The second-order valence-electron chi connectivity index (χ2n) is 7.67. The van der Waals surface area contributed by atoms with Crippen molar-refractivity contribution in [2.45, 2.75) is 33.3 Å². The minimum Gasteiger partial charge on any atom is -0.497 e. The molecule has 0 saturated carbocycles. The zero-order valence-electron chi connectivity index (χ0n) is 19.3. The van der Waals surface area contributed by atoms with E-state index in [1.54, 1.807) is 14.2 Å². The zero-order chi connectivity index (χ0) is 23.1. The molecule has 7 nitrogen and oxygen atoms in total. The first-order chi connectivity index (χ1) is 15.4. The molecular weight excluding hydrogens is 406 g/mol. The van der Waals surface area contributed by atoms with Gasteiger partial charge in [-0.15, -0.1) is 0 Å². The second kappa shape index (κ2) is 10.8. The molecule has 32 heavy (non-hydrogen) atoms. The Morgan fingerprint density at radius 2 is 1.59 bits per heavy atom. The number of rotatable bonds is 10. The summed E-state index contributed by atoms with van der Waals surface area (Å²) in [6.07, 6.45) is 0.993. The molecule has 0 saturated heterocycles. The van der Waals surface area contributed by atoms with Gasteiger partial charge in [-0.3, -0.25) is 14.9 Å². The molecule has 7 heteroatoms. The smallest absolute Gasteiger partial charge is 0.280 e. The quantitative estimate of drug-likeness (QED) is 0.375. The highest BCUT2D eigenvalue weighted by molar-refractivity contribution is 6.03. The molecule has 2 aromatic carbocycles. The normalized spacial score (nSPS) is 11.8. The number of aromatic nitrogens is 2. The van der Waals surface area contributed by atoms with Gasteiger partial charge in [0.1, 0.15) is 11.5 Å². The summed E-state index contributed by atoms with van der Waals surface area (Å²) < 4.78 is 17.6. The van der Waals surface area contributed by atoms with Gasteiger partial charge in [0.05, 0.1) is 37.3 Å². The Morgan fingerprint density at radius 1 is 1.00 bits per heavy atom. The van der Waals surface area contributed by atoms with Crippen molar-refractivity contribution in [3.05, 3.63) is 64.4 Å². The van der Waals surface area contributed by atoms with Gasteiger partial charge in [0.2, 0.25) is 0 Å². The van der Waals surface area contributed by atoms with E-state index >= 15 is 0 Å². The second-order valence-corrected chi connectivity index (χ2v) is 7.67. The first-order valence-electron chi connectivity index (χ1n) is 10.7. The van der Waals surface area contributed by atoms with Crippen LogP contribution in [-0.2, 0) is 4.74 Å². The largest absolute Gasteiger partial charge is 0.497 e. The van der Waals surface area contributed by atoms with Crippen LogP contribution >= 0.6 is 0 Å². The van der Waals surface area contributed by atoms with E-state index in [-0.39, 0.29) is 11.7 Å². The Balaban J connectivity index is 2.00. The molecule has 1 heterocycles. The van der Waals surface area contributed by atoms with E-state index in [2.05, 4.69) is 10.1 Å². The van der Waals surface area contributed by atoms with Crippen LogP contribution < -0.4 is 15.0 Å². The minimum atomic E-state index is -0.152. The summed E-state index contributed by atoms with van der Waals surface area (Å²) in [5.74, 6) is 1.48. The fourth-order valence-corrected chi connectivity index (χ4v) is 3.36. The van der Waals surface area contributed by atoms with Crippen molar-refractivity contribution in [3.63, 3.8) is 0 Å². The van der Waals surface area contributed by atoms with Crippen molar-refractivity contribution >= 4 is 5.71 Å². The van der Waals surface area contributed by atoms with Crippen molar-refractivity contribution in [2.75, 3.05) is 27.4 Å². The summed E-state index contributed by atoms with van der Waals surface area (Å²) in [6, 6.07) is 14.9. The summed E-state index contributed by atoms with van der Waals surface area (Å²) in [5.41, 5.74) is 3.40. The number of nitrogens with one attached hydrogen (secondary N) is 1. The SMILES string of the molecule is COc1ccc(-c2[nH]n(-c3ccc(OC)cc3)c(=O)c2C(C)=NCCCOC(C)C)cc1. The molecule has 0 aliphatic heterocycles. The molecule has 0 amide bonds. The van der Waals surface area contributed by atoms with E-state index in [4.69, 9.17) is 14.2 Å². The maximum Gasteiger partial charge on any atom is 0.280 e. The molecule has 0 aliphatic carbocycles. The van der Waals surface area contributed by atoms with Crippen LogP contribution in [0.2, 0.25) is 0 Å². The lowest BCUT2D eigenvalue weighted by Gasteiger charge is -2.06. The van der Waals surface area contributed by atoms with Crippen molar-refractivity contribution in [3.8, 4) is 28.4 Å². The molecule has 0 fully saturated rings. The number of hydrogen-bond acceptors (Lipinski definition) is 5. The molecule has 1 N–H and O–H groups in total. The fourth-order valence-electron chi connectivity index (χ4n) is 3.36. The Morgan fingerprint density at radius 3 is 2.16 bits per heavy atom. The van der Waals surface area contributed by atoms with Crippen molar-refractivity contribution in [2.24, 2.45) is 4.99 Å². The number of benzene rings is 2. The van der Waals surface area contributed by atoms with Crippen LogP contribution in [0.3, 0.4) is 0 Å². The average Bonchev–Trinajstić information content (AvgIpc) is 3.15. The fraction of sp³-hybridized carbons (Fsp3) is 0.360. The molecule has 0 unspecified atom stereocenters. The van der Waals surface area contributed by atoms with Gasteiger partial charge in [-0.05, 0) is 75.7 Å². The summed E-state index contributed by atoms with van der Waals surface area (Å²) >= 11 is 0. The molecule has 3 aromatic rings. The third kappa shape index (κ3) is 5.48. The lowest BCUT2D eigenvalue weighted by molar-refractivity contribution is 0.0783. The number of ether oxygens (including phenoxy) is 3. The van der Waals surface area contributed by atoms with Crippen LogP contribution in [0.1, 0.15) is 32.8 Å². The highest BCUT2D eigenvalue weighted by atomic mass is 16.5. The molecule has 3 rings (SSSR count). The van der Waals surface area contributed by atoms with E-state index in [0.29, 0.717) is 30.1 Å². The van der Waals surface area contributed by atoms with E-state index in [0.717, 1.165) is 29.2 Å². The summed E-state index contributed by atoms with van der Waals surface area (Å²) in [5, 5.41) is 3.27. The van der Waals surface area contributed by atoms with Crippen LogP contribution in [0, 0.1) is 0 Å². The van der Waals surface area contributed by atoms with Gasteiger partial charge in [-0.2, -0.15) is 0 Å². The molecule has 170 valence electrons. The predicted molar refractivity (Wildman–Crippen MR) is 128 cm³/mol. The van der Waals surface area contributed by atoms with Gasteiger partial charge < -0.3 is 14.2 Å². The minimum absolute atomic E-state index is 0.152. The predicted octanol–water partition coefficient (Wildman–Crippen LogP) is 4.47. The highest BCUT2D eigenvalue weighted by Crippen LogP contribution is 2.24. The van der Waals surface area contributed by atoms with Crippen LogP contribution in [-0.4, -0.2) is 49.0 Å². The van der Waals surface area contributed by atoms with E-state index in [1.807, 2.05) is 69.3 Å². The summed E-state index contributed by atoms with van der Waals surface area (Å²) in [7, 11) is 3.24. The van der Waals surface area contributed by atoms with Crippen LogP contribution in [0.4, 0.5) is 0 Å². The van der Waals surface area contributed by atoms with Gasteiger partial charge >= 0.3 is 0 Å². The first-order valence-corrected chi connectivity index (χ1v) is 10.7. The van der Waals surface area contributed by atoms with E-state index < -0.39 is 0 Å². The molecule has 0 radical (unpaired) electrons. The van der Waals surface area contributed by atoms with Crippen molar-refractivity contribution in [1.29, 1.82) is 0 Å². The lowest BCUT2D eigenvalue weighted by Crippen LogP contribution is -2.19. The topological polar surface area (TPSA) is 77.8 Å². The molecule has 0 atom stereocenters. The van der Waals surface area contributed by atoms with Crippen LogP contribution in [0.25, 0.3) is 16.9 Å². The molecule has 0 bridgehead atoms. The third-order valence-corrected chi connectivity index (χ3v) is 5.06.